The van der Waals surface area contributed by atoms with E-state index in [4.69, 9.17) is 4.74 Å². The second kappa shape index (κ2) is 5.15. The molecule has 0 amide bonds. The van der Waals surface area contributed by atoms with E-state index >= 15 is 0 Å². The summed E-state index contributed by atoms with van der Waals surface area (Å²) < 4.78 is 5.33. The molecule has 0 spiro atoms. The van der Waals surface area contributed by atoms with Gasteiger partial charge >= 0.3 is 5.97 Å². The van der Waals surface area contributed by atoms with Gasteiger partial charge in [-0.05, 0) is 47.1 Å². The van der Waals surface area contributed by atoms with Gasteiger partial charge < -0.3 is 9.84 Å². The Morgan fingerprint density at radius 2 is 2.12 bits per heavy atom. The number of carbonyl (C=O) groups excluding carboxylic acids is 1. The van der Waals surface area contributed by atoms with Gasteiger partial charge in [-0.15, -0.1) is 0 Å². The van der Waals surface area contributed by atoms with Crippen LogP contribution in [0, 0.1) is 0 Å². The maximum absolute atomic E-state index is 11.8. The fraction of sp³-hybridized carbons (Fsp3) is 0.917. The SMILES string of the molecule is CC(C(=O)OC(C)(C)C)N1CCCC(O)C1. The van der Waals surface area contributed by atoms with Crippen molar-refractivity contribution in [2.24, 2.45) is 0 Å². The van der Waals surface area contributed by atoms with E-state index in [0.29, 0.717) is 6.54 Å². The Balaban J connectivity index is 2.49. The molecule has 0 bridgehead atoms. The third kappa shape index (κ3) is 4.10. The van der Waals surface area contributed by atoms with Gasteiger partial charge in [-0.3, -0.25) is 9.69 Å². The lowest BCUT2D eigenvalue weighted by Crippen LogP contribution is -2.48. The molecule has 1 aliphatic rings. The van der Waals surface area contributed by atoms with Crippen LogP contribution in [0.4, 0.5) is 0 Å². The minimum atomic E-state index is -0.445. The second-order valence-electron chi connectivity index (χ2n) is 5.50. The molecule has 0 radical (unpaired) electrons. The highest BCUT2D eigenvalue weighted by molar-refractivity contribution is 5.75. The number of likely N-dealkylation sites (tertiary alicyclic amines) is 1. The van der Waals surface area contributed by atoms with Crippen LogP contribution >= 0.6 is 0 Å². The minimum Gasteiger partial charge on any atom is -0.459 e. The summed E-state index contributed by atoms with van der Waals surface area (Å²) in [6.07, 6.45) is 1.46. The third-order valence-corrected chi connectivity index (χ3v) is 2.72. The number of β-amino-alcohol motifs (C(OH)–C–C–N with tert-alkyl or cyclic N) is 1. The summed E-state index contributed by atoms with van der Waals surface area (Å²) in [5.74, 6) is -0.207. The first kappa shape index (κ1) is 13.5. The van der Waals surface area contributed by atoms with Crippen molar-refractivity contribution in [3.8, 4) is 0 Å². The van der Waals surface area contributed by atoms with Crippen LogP contribution in [0.15, 0.2) is 0 Å². The zero-order valence-electron chi connectivity index (χ0n) is 10.7. The highest BCUT2D eigenvalue weighted by Crippen LogP contribution is 2.16. The summed E-state index contributed by atoms with van der Waals surface area (Å²) in [5, 5.41) is 9.55. The maximum atomic E-state index is 11.8. The first-order chi connectivity index (χ1) is 7.29. The molecule has 0 aromatic heterocycles. The van der Waals surface area contributed by atoms with Crippen LogP contribution in [-0.2, 0) is 9.53 Å². The van der Waals surface area contributed by atoms with Gasteiger partial charge in [-0.25, -0.2) is 0 Å². The van der Waals surface area contributed by atoms with Gasteiger partial charge in [0.1, 0.15) is 11.6 Å². The van der Waals surface area contributed by atoms with Gasteiger partial charge in [0.25, 0.3) is 0 Å². The van der Waals surface area contributed by atoms with Crippen molar-refractivity contribution in [1.82, 2.24) is 4.90 Å². The van der Waals surface area contributed by atoms with Gasteiger partial charge in [0.15, 0.2) is 0 Å². The van der Waals surface area contributed by atoms with Crippen molar-refractivity contribution >= 4 is 5.97 Å². The number of esters is 1. The van der Waals surface area contributed by atoms with Crippen LogP contribution in [0.25, 0.3) is 0 Å². The topological polar surface area (TPSA) is 49.8 Å². The Labute approximate surface area is 97.6 Å². The molecule has 1 N–H and O–H groups in total. The summed E-state index contributed by atoms with van der Waals surface area (Å²) >= 11 is 0. The summed E-state index contributed by atoms with van der Waals surface area (Å²) in [5.41, 5.74) is -0.445. The van der Waals surface area contributed by atoms with Crippen molar-refractivity contribution in [3.63, 3.8) is 0 Å². The number of rotatable bonds is 2. The standard InChI is InChI=1S/C12H23NO3/c1-9(11(15)16-12(2,3)4)13-7-5-6-10(14)8-13/h9-10,14H,5-8H2,1-4H3. The molecule has 0 aromatic carbocycles. The Bertz CT molecular complexity index is 247. The molecule has 2 unspecified atom stereocenters. The summed E-state index contributed by atoms with van der Waals surface area (Å²) in [7, 11) is 0. The second-order valence-corrected chi connectivity index (χ2v) is 5.50. The van der Waals surface area contributed by atoms with Crippen molar-refractivity contribution in [3.05, 3.63) is 0 Å². The molecule has 0 saturated carbocycles. The Hall–Kier alpha value is -0.610. The van der Waals surface area contributed by atoms with E-state index in [1.54, 1.807) is 0 Å². The molecular weight excluding hydrogens is 206 g/mol. The number of aliphatic hydroxyl groups is 1. The zero-order valence-corrected chi connectivity index (χ0v) is 10.7. The molecule has 2 atom stereocenters. The lowest BCUT2D eigenvalue weighted by Gasteiger charge is -2.34. The van der Waals surface area contributed by atoms with E-state index < -0.39 is 5.60 Å². The lowest BCUT2D eigenvalue weighted by atomic mass is 10.1. The fourth-order valence-corrected chi connectivity index (χ4v) is 1.87. The molecule has 1 aliphatic heterocycles. The van der Waals surface area contributed by atoms with Crippen molar-refractivity contribution < 1.29 is 14.6 Å². The third-order valence-electron chi connectivity index (χ3n) is 2.72. The number of hydrogen-bond acceptors (Lipinski definition) is 4. The average molecular weight is 229 g/mol. The molecule has 1 fully saturated rings. The van der Waals surface area contributed by atoms with E-state index in [2.05, 4.69) is 0 Å². The number of piperidine rings is 1. The van der Waals surface area contributed by atoms with Gasteiger partial charge in [0.2, 0.25) is 0 Å². The number of carbonyl (C=O) groups is 1. The predicted octanol–water partition coefficient (Wildman–Crippen LogP) is 1.17. The Morgan fingerprint density at radius 1 is 1.50 bits per heavy atom. The normalized spacial score (nSPS) is 25.2. The molecule has 4 heteroatoms. The van der Waals surface area contributed by atoms with Crippen LogP contribution in [-0.4, -0.2) is 46.8 Å². The van der Waals surface area contributed by atoms with Crippen LogP contribution in [0.1, 0.15) is 40.5 Å². The van der Waals surface area contributed by atoms with Gasteiger partial charge in [0.05, 0.1) is 6.10 Å². The number of ether oxygens (including phenoxy) is 1. The average Bonchev–Trinajstić information content (AvgIpc) is 2.14. The number of aliphatic hydroxyl groups excluding tert-OH is 1. The molecule has 1 heterocycles. The highest BCUT2D eigenvalue weighted by Gasteiger charge is 2.29. The van der Waals surface area contributed by atoms with Crippen LogP contribution in [0.3, 0.4) is 0 Å². The fourth-order valence-electron chi connectivity index (χ4n) is 1.87. The summed E-state index contributed by atoms with van der Waals surface area (Å²) in [6, 6.07) is -0.269. The van der Waals surface area contributed by atoms with Gasteiger partial charge in [0, 0.05) is 6.54 Å². The molecule has 4 nitrogen and oxygen atoms in total. The minimum absolute atomic E-state index is 0.207. The van der Waals surface area contributed by atoms with Crippen LogP contribution in [0.2, 0.25) is 0 Å². The van der Waals surface area contributed by atoms with E-state index in [-0.39, 0.29) is 18.1 Å². The Morgan fingerprint density at radius 3 is 2.62 bits per heavy atom. The summed E-state index contributed by atoms with van der Waals surface area (Å²) in [4.78, 5) is 13.8. The largest absolute Gasteiger partial charge is 0.459 e. The molecular formula is C12H23NO3. The predicted molar refractivity (Wildman–Crippen MR) is 62.1 cm³/mol. The molecule has 0 aromatic rings. The van der Waals surface area contributed by atoms with Gasteiger partial charge in [-0.1, -0.05) is 0 Å². The van der Waals surface area contributed by atoms with E-state index in [9.17, 15) is 9.90 Å². The molecule has 94 valence electrons. The molecule has 1 saturated heterocycles. The smallest absolute Gasteiger partial charge is 0.323 e. The van der Waals surface area contributed by atoms with E-state index in [1.807, 2.05) is 32.6 Å². The highest BCUT2D eigenvalue weighted by atomic mass is 16.6. The number of hydrogen-bond donors (Lipinski definition) is 1. The number of nitrogens with zero attached hydrogens (tertiary/aromatic N) is 1. The zero-order chi connectivity index (χ0) is 12.3. The van der Waals surface area contributed by atoms with E-state index in [0.717, 1.165) is 19.4 Å². The summed E-state index contributed by atoms with van der Waals surface area (Å²) in [6.45, 7) is 8.86. The molecule has 1 rings (SSSR count). The van der Waals surface area contributed by atoms with Crippen molar-refractivity contribution in [2.75, 3.05) is 13.1 Å². The molecule has 16 heavy (non-hydrogen) atoms. The Kier molecular flexibility index (Phi) is 4.33. The molecule has 0 aliphatic carbocycles. The van der Waals surface area contributed by atoms with E-state index in [1.165, 1.54) is 0 Å². The van der Waals surface area contributed by atoms with Crippen molar-refractivity contribution in [2.45, 2.75) is 58.3 Å². The van der Waals surface area contributed by atoms with Crippen LogP contribution < -0.4 is 0 Å². The maximum Gasteiger partial charge on any atom is 0.323 e. The lowest BCUT2D eigenvalue weighted by molar-refractivity contribution is -0.161. The quantitative estimate of drug-likeness (QED) is 0.722. The monoisotopic (exact) mass is 229 g/mol. The first-order valence-corrected chi connectivity index (χ1v) is 5.94. The first-order valence-electron chi connectivity index (χ1n) is 5.94. The van der Waals surface area contributed by atoms with Crippen molar-refractivity contribution in [1.29, 1.82) is 0 Å². The van der Waals surface area contributed by atoms with Crippen LogP contribution in [0.5, 0.6) is 0 Å². The van der Waals surface area contributed by atoms with Gasteiger partial charge in [-0.2, -0.15) is 0 Å².